The van der Waals surface area contributed by atoms with Crippen LogP contribution >= 0.6 is 0 Å². The molecule has 2 heteroatoms. The summed E-state index contributed by atoms with van der Waals surface area (Å²) in [5.41, 5.74) is 8.38. The molecule has 2 nitrogen and oxygen atoms in total. The second-order valence-electron chi connectivity index (χ2n) is 6.02. The van der Waals surface area contributed by atoms with Gasteiger partial charge in [-0.25, -0.2) is 0 Å². The van der Waals surface area contributed by atoms with Crippen molar-refractivity contribution in [1.29, 1.82) is 0 Å². The van der Waals surface area contributed by atoms with Gasteiger partial charge in [0.25, 0.3) is 0 Å². The summed E-state index contributed by atoms with van der Waals surface area (Å²) < 4.78 is 0. The molecule has 1 aliphatic rings. The zero-order valence-corrected chi connectivity index (χ0v) is 14.7. The second-order valence-corrected chi connectivity index (χ2v) is 6.02. The number of hydrogen-bond donors (Lipinski definition) is 2. The van der Waals surface area contributed by atoms with Crippen LogP contribution in [0.5, 0.6) is 0 Å². The molecule has 0 radical (unpaired) electrons. The van der Waals surface area contributed by atoms with Crippen LogP contribution in [0.25, 0.3) is 0 Å². The van der Waals surface area contributed by atoms with E-state index in [2.05, 4.69) is 63.4 Å². The fourth-order valence-corrected chi connectivity index (χ4v) is 2.26. The van der Waals surface area contributed by atoms with Crippen molar-refractivity contribution in [2.75, 3.05) is 0 Å². The molecule has 1 unspecified atom stereocenters. The van der Waals surface area contributed by atoms with Gasteiger partial charge in [-0.2, -0.15) is 0 Å². The minimum absolute atomic E-state index is 0.113. The van der Waals surface area contributed by atoms with Crippen molar-refractivity contribution in [3.63, 3.8) is 0 Å². The normalized spacial score (nSPS) is 18.5. The molecule has 3 N–H and O–H groups in total. The van der Waals surface area contributed by atoms with Crippen LogP contribution in [0.1, 0.15) is 60.8 Å². The van der Waals surface area contributed by atoms with E-state index in [-0.39, 0.29) is 5.54 Å². The standard InChI is InChI=1S/C17H28N2.C2H6/c1-5-10-17(3,4)19-13-16(18)12-15-9-7-6-8-14(2)11-15;1-2/h6-9,11,13-14,19H,5,10,12,18H2,1-4H3;1-2H3/b16-13-;. The van der Waals surface area contributed by atoms with E-state index in [1.165, 1.54) is 12.0 Å². The van der Waals surface area contributed by atoms with E-state index >= 15 is 0 Å². The molecule has 0 fully saturated rings. The van der Waals surface area contributed by atoms with E-state index in [4.69, 9.17) is 5.73 Å². The Morgan fingerprint density at radius 2 is 2.00 bits per heavy atom. The lowest BCUT2D eigenvalue weighted by Gasteiger charge is -2.25. The molecule has 0 spiro atoms. The highest BCUT2D eigenvalue weighted by Crippen LogP contribution is 2.16. The summed E-state index contributed by atoms with van der Waals surface area (Å²) in [5, 5.41) is 3.42. The molecule has 0 aliphatic heterocycles. The van der Waals surface area contributed by atoms with Gasteiger partial charge in [-0.1, -0.05) is 64.5 Å². The van der Waals surface area contributed by atoms with Gasteiger partial charge in [0.1, 0.15) is 0 Å². The molecule has 0 amide bonds. The fraction of sp³-hybridized carbons (Fsp3) is 0.579. The highest BCUT2D eigenvalue weighted by atomic mass is 14.9. The summed E-state index contributed by atoms with van der Waals surface area (Å²) >= 11 is 0. The Hall–Kier alpha value is -1.44. The molecule has 0 saturated carbocycles. The van der Waals surface area contributed by atoms with Crippen molar-refractivity contribution in [3.05, 3.63) is 47.9 Å². The molecule has 21 heavy (non-hydrogen) atoms. The first kappa shape index (κ1) is 19.6. The zero-order valence-electron chi connectivity index (χ0n) is 14.7. The van der Waals surface area contributed by atoms with E-state index < -0.39 is 0 Å². The Labute approximate surface area is 131 Å². The predicted octanol–water partition coefficient (Wildman–Crippen LogP) is 5.06. The molecule has 0 aromatic rings. The molecule has 0 aromatic heterocycles. The number of rotatable bonds is 6. The summed E-state index contributed by atoms with van der Waals surface area (Å²) in [7, 11) is 0. The number of nitrogens with one attached hydrogen (secondary N) is 1. The van der Waals surface area contributed by atoms with Crippen LogP contribution in [0.15, 0.2) is 47.9 Å². The average molecular weight is 290 g/mol. The first-order valence-electron chi connectivity index (χ1n) is 8.21. The zero-order chi connectivity index (χ0) is 16.3. The van der Waals surface area contributed by atoms with Gasteiger partial charge in [0.2, 0.25) is 0 Å². The van der Waals surface area contributed by atoms with Crippen molar-refractivity contribution in [2.24, 2.45) is 11.7 Å². The first-order chi connectivity index (χ1) is 9.93. The van der Waals surface area contributed by atoms with E-state index in [1.807, 2.05) is 20.0 Å². The van der Waals surface area contributed by atoms with Crippen molar-refractivity contribution in [3.8, 4) is 0 Å². The van der Waals surface area contributed by atoms with E-state index in [1.54, 1.807) is 0 Å². The summed E-state index contributed by atoms with van der Waals surface area (Å²) in [5.74, 6) is 0.474. The van der Waals surface area contributed by atoms with Crippen LogP contribution in [0.2, 0.25) is 0 Å². The molecule has 0 heterocycles. The van der Waals surface area contributed by atoms with Gasteiger partial charge >= 0.3 is 0 Å². The third-order valence-electron chi connectivity index (χ3n) is 3.24. The third-order valence-corrected chi connectivity index (χ3v) is 3.24. The molecular weight excluding hydrogens is 256 g/mol. The lowest BCUT2D eigenvalue weighted by Crippen LogP contribution is -2.35. The maximum atomic E-state index is 6.11. The fourth-order valence-electron chi connectivity index (χ4n) is 2.26. The second kappa shape index (κ2) is 10.3. The summed E-state index contributed by atoms with van der Waals surface area (Å²) in [6.45, 7) is 12.8. The number of allylic oxidation sites excluding steroid dienone is 6. The van der Waals surface area contributed by atoms with Crippen LogP contribution < -0.4 is 11.1 Å². The average Bonchev–Trinajstić information content (AvgIpc) is 2.63. The quantitative estimate of drug-likeness (QED) is 0.717. The molecule has 120 valence electrons. The van der Waals surface area contributed by atoms with Gasteiger partial charge in [-0.3, -0.25) is 0 Å². The minimum Gasteiger partial charge on any atom is -0.401 e. The summed E-state index contributed by atoms with van der Waals surface area (Å²) in [4.78, 5) is 0. The Kier molecular flexibility index (Phi) is 9.60. The topological polar surface area (TPSA) is 38.0 Å². The van der Waals surface area contributed by atoms with Crippen molar-refractivity contribution < 1.29 is 0 Å². The summed E-state index contributed by atoms with van der Waals surface area (Å²) in [6, 6.07) is 0. The number of nitrogens with two attached hydrogens (primary N) is 1. The van der Waals surface area contributed by atoms with Crippen LogP contribution in [-0.2, 0) is 0 Å². The van der Waals surface area contributed by atoms with Crippen LogP contribution in [0.4, 0.5) is 0 Å². The maximum absolute atomic E-state index is 6.11. The van der Waals surface area contributed by atoms with Gasteiger partial charge in [0, 0.05) is 23.9 Å². The van der Waals surface area contributed by atoms with Gasteiger partial charge in [-0.15, -0.1) is 0 Å². The maximum Gasteiger partial charge on any atom is 0.0312 e. The van der Waals surface area contributed by atoms with E-state index in [0.29, 0.717) is 5.92 Å². The molecule has 0 aromatic carbocycles. The highest BCUT2D eigenvalue weighted by Gasteiger charge is 2.13. The lowest BCUT2D eigenvalue weighted by molar-refractivity contribution is 0.404. The van der Waals surface area contributed by atoms with Crippen molar-refractivity contribution in [2.45, 2.75) is 66.3 Å². The molecule has 1 aliphatic carbocycles. The Morgan fingerprint density at radius 1 is 1.33 bits per heavy atom. The highest BCUT2D eigenvalue weighted by molar-refractivity contribution is 5.31. The van der Waals surface area contributed by atoms with E-state index in [0.717, 1.165) is 18.5 Å². The van der Waals surface area contributed by atoms with Crippen LogP contribution in [0.3, 0.4) is 0 Å². The van der Waals surface area contributed by atoms with Crippen molar-refractivity contribution >= 4 is 0 Å². The van der Waals surface area contributed by atoms with Gasteiger partial charge in [0.15, 0.2) is 0 Å². The predicted molar refractivity (Wildman–Crippen MR) is 95.9 cm³/mol. The molecular formula is C19H34N2. The van der Waals surface area contributed by atoms with Crippen LogP contribution in [-0.4, -0.2) is 5.54 Å². The van der Waals surface area contributed by atoms with Gasteiger partial charge < -0.3 is 11.1 Å². The summed E-state index contributed by atoms with van der Waals surface area (Å²) in [6.07, 6.45) is 15.8. The van der Waals surface area contributed by atoms with Crippen LogP contribution in [0, 0.1) is 5.92 Å². The Balaban J connectivity index is 0.00000191. The Morgan fingerprint density at radius 3 is 2.62 bits per heavy atom. The molecule has 1 atom stereocenters. The first-order valence-corrected chi connectivity index (χ1v) is 8.21. The van der Waals surface area contributed by atoms with Gasteiger partial charge in [-0.05, 0) is 31.8 Å². The molecule has 0 bridgehead atoms. The van der Waals surface area contributed by atoms with Crippen molar-refractivity contribution in [1.82, 2.24) is 5.32 Å². The molecule has 0 saturated heterocycles. The SMILES string of the molecule is CC.CCCC(C)(C)N/C=C(\N)CC1=CC(C)C=CC=C1. The number of hydrogen-bond acceptors (Lipinski definition) is 2. The van der Waals surface area contributed by atoms with Gasteiger partial charge in [0.05, 0.1) is 0 Å². The largest absolute Gasteiger partial charge is 0.401 e. The Bertz CT molecular complexity index is 398. The third kappa shape index (κ3) is 9.17. The molecule has 1 rings (SSSR count). The van der Waals surface area contributed by atoms with E-state index in [9.17, 15) is 0 Å². The lowest BCUT2D eigenvalue weighted by atomic mass is 9.99. The smallest absolute Gasteiger partial charge is 0.0312 e. The monoisotopic (exact) mass is 290 g/mol. The minimum atomic E-state index is 0.113.